The van der Waals surface area contributed by atoms with Crippen LogP contribution in [0.2, 0.25) is 10.0 Å². The molecule has 2 rings (SSSR count). The Hall–Kier alpha value is -1.84. The number of carboxylic acid groups (broad SMARTS) is 1. The Bertz CT molecular complexity index is 676. The van der Waals surface area contributed by atoms with Gasteiger partial charge in [-0.3, -0.25) is 0 Å². The van der Waals surface area contributed by atoms with Crippen molar-refractivity contribution in [3.8, 4) is 11.1 Å². The minimum Gasteiger partial charge on any atom is -0.478 e. The van der Waals surface area contributed by atoms with E-state index in [9.17, 15) is 9.18 Å². The van der Waals surface area contributed by atoms with Crippen molar-refractivity contribution in [1.29, 1.82) is 0 Å². The molecule has 2 aromatic rings. The van der Waals surface area contributed by atoms with Crippen molar-refractivity contribution >= 4 is 35.2 Å². The number of hydrogen-bond acceptors (Lipinski definition) is 1. The van der Waals surface area contributed by atoms with Crippen LogP contribution in [0, 0.1) is 5.82 Å². The van der Waals surface area contributed by atoms with Crippen LogP contribution in [0.1, 0.15) is 5.56 Å². The molecular weight excluding hydrogens is 302 g/mol. The highest BCUT2D eigenvalue weighted by atomic mass is 35.5. The average Bonchev–Trinajstić information content (AvgIpc) is 2.37. The van der Waals surface area contributed by atoms with Crippen LogP contribution >= 0.6 is 23.2 Å². The van der Waals surface area contributed by atoms with Gasteiger partial charge in [-0.15, -0.1) is 0 Å². The third-order valence-electron chi connectivity index (χ3n) is 2.68. The molecule has 5 heteroatoms. The van der Waals surface area contributed by atoms with E-state index in [2.05, 4.69) is 0 Å². The fourth-order valence-electron chi connectivity index (χ4n) is 1.83. The van der Waals surface area contributed by atoms with Crippen molar-refractivity contribution in [3.05, 3.63) is 63.9 Å². The third kappa shape index (κ3) is 3.00. The van der Waals surface area contributed by atoms with E-state index in [0.29, 0.717) is 21.2 Å². The SMILES string of the molecule is O=C(O)/C=C/c1c(F)cccc1-c1c(Cl)cccc1Cl. The Balaban J connectivity index is 2.69. The number of hydrogen-bond donors (Lipinski definition) is 1. The molecule has 2 aromatic carbocycles. The first kappa shape index (κ1) is 14.6. The maximum Gasteiger partial charge on any atom is 0.328 e. The summed E-state index contributed by atoms with van der Waals surface area (Å²) in [5.41, 5.74) is 1.04. The minimum absolute atomic E-state index is 0.130. The van der Waals surface area contributed by atoms with Gasteiger partial charge >= 0.3 is 5.97 Å². The van der Waals surface area contributed by atoms with Crippen molar-refractivity contribution in [3.63, 3.8) is 0 Å². The normalized spacial score (nSPS) is 10.9. The number of carboxylic acids is 1. The molecule has 0 radical (unpaired) electrons. The van der Waals surface area contributed by atoms with Gasteiger partial charge in [0.2, 0.25) is 0 Å². The molecule has 102 valence electrons. The lowest BCUT2D eigenvalue weighted by molar-refractivity contribution is -0.131. The number of benzene rings is 2. The topological polar surface area (TPSA) is 37.3 Å². The molecule has 0 spiro atoms. The van der Waals surface area contributed by atoms with E-state index < -0.39 is 11.8 Å². The number of carbonyl (C=O) groups is 1. The molecule has 0 aromatic heterocycles. The van der Waals surface area contributed by atoms with Gasteiger partial charge in [0.15, 0.2) is 0 Å². The van der Waals surface area contributed by atoms with E-state index in [0.717, 1.165) is 6.08 Å². The maximum absolute atomic E-state index is 13.9. The summed E-state index contributed by atoms with van der Waals surface area (Å²) in [4.78, 5) is 10.6. The van der Waals surface area contributed by atoms with Crippen molar-refractivity contribution in [2.24, 2.45) is 0 Å². The minimum atomic E-state index is -1.16. The molecule has 0 fully saturated rings. The van der Waals surface area contributed by atoms with Gasteiger partial charge in [-0.25, -0.2) is 9.18 Å². The lowest BCUT2D eigenvalue weighted by Gasteiger charge is -2.11. The first-order valence-electron chi connectivity index (χ1n) is 5.64. The van der Waals surface area contributed by atoms with E-state index in [1.807, 2.05) is 0 Å². The molecule has 20 heavy (non-hydrogen) atoms. The molecule has 1 N–H and O–H groups in total. The van der Waals surface area contributed by atoms with Crippen LogP contribution in [-0.2, 0) is 4.79 Å². The van der Waals surface area contributed by atoms with Gasteiger partial charge < -0.3 is 5.11 Å². The van der Waals surface area contributed by atoms with Crippen LogP contribution in [0.15, 0.2) is 42.5 Å². The lowest BCUT2D eigenvalue weighted by Crippen LogP contribution is -1.92. The Morgan fingerprint density at radius 3 is 2.30 bits per heavy atom. The third-order valence-corrected chi connectivity index (χ3v) is 3.31. The Morgan fingerprint density at radius 1 is 1.10 bits per heavy atom. The highest BCUT2D eigenvalue weighted by molar-refractivity contribution is 6.39. The van der Waals surface area contributed by atoms with Gasteiger partial charge in [-0.2, -0.15) is 0 Å². The summed E-state index contributed by atoms with van der Waals surface area (Å²) >= 11 is 12.2. The smallest absolute Gasteiger partial charge is 0.328 e. The summed E-state index contributed by atoms with van der Waals surface area (Å²) < 4.78 is 13.9. The summed E-state index contributed by atoms with van der Waals surface area (Å²) in [5, 5.41) is 9.41. The summed E-state index contributed by atoms with van der Waals surface area (Å²) in [6.45, 7) is 0. The number of halogens is 3. The maximum atomic E-state index is 13.9. The second kappa shape index (κ2) is 6.07. The predicted octanol–water partition coefficient (Wildman–Crippen LogP) is 4.90. The molecule has 0 unspecified atom stereocenters. The number of rotatable bonds is 3. The van der Waals surface area contributed by atoms with Gasteiger partial charge in [0.25, 0.3) is 0 Å². The second-order valence-electron chi connectivity index (χ2n) is 3.97. The zero-order valence-corrected chi connectivity index (χ0v) is 11.6. The lowest BCUT2D eigenvalue weighted by atomic mass is 9.98. The quantitative estimate of drug-likeness (QED) is 0.819. The van der Waals surface area contributed by atoms with E-state index in [-0.39, 0.29) is 5.56 Å². The van der Waals surface area contributed by atoms with E-state index >= 15 is 0 Å². The Morgan fingerprint density at radius 2 is 1.70 bits per heavy atom. The van der Waals surface area contributed by atoms with Crippen LogP contribution in [0.25, 0.3) is 17.2 Å². The van der Waals surface area contributed by atoms with Gasteiger partial charge in [0.1, 0.15) is 5.82 Å². The highest BCUT2D eigenvalue weighted by Crippen LogP contribution is 2.37. The molecular formula is C15H9Cl2FO2. The van der Waals surface area contributed by atoms with Crippen molar-refractivity contribution in [1.82, 2.24) is 0 Å². The fourth-order valence-corrected chi connectivity index (χ4v) is 2.44. The van der Waals surface area contributed by atoms with Crippen molar-refractivity contribution < 1.29 is 14.3 Å². The van der Waals surface area contributed by atoms with Gasteiger partial charge in [0, 0.05) is 27.2 Å². The molecule has 0 bridgehead atoms. The van der Waals surface area contributed by atoms with Crippen molar-refractivity contribution in [2.45, 2.75) is 0 Å². The summed E-state index contributed by atoms with van der Waals surface area (Å²) in [6, 6.07) is 9.35. The van der Waals surface area contributed by atoms with Crippen LogP contribution < -0.4 is 0 Å². The largest absolute Gasteiger partial charge is 0.478 e. The predicted molar refractivity (Wildman–Crippen MR) is 78.5 cm³/mol. The van der Waals surface area contributed by atoms with E-state index in [1.165, 1.54) is 18.2 Å². The second-order valence-corrected chi connectivity index (χ2v) is 4.78. The molecule has 0 atom stereocenters. The Labute approximate surface area is 125 Å². The van der Waals surface area contributed by atoms with Gasteiger partial charge in [-0.05, 0) is 29.8 Å². The fraction of sp³-hybridized carbons (Fsp3) is 0. The average molecular weight is 311 g/mol. The van der Waals surface area contributed by atoms with Gasteiger partial charge in [0.05, 0.1) is 0 Å². The standard InChI is InChI=1S/C15H9Cl2FO2/c16-11-4-2-5-12(17)15(11)10-3-1-6-13(18)9(10)7-8-14(19)20/h1-8H,(H,19,20)/b8-7+. The van der Waals surface area contributed by atoms with Crippen LogP contribution in [0.5, 0.6) is 0 Å². The first-order valence-corrected chi connectivity index (χ1v) is 6.40. The molecule has 0 aliphatic heterocycles. The zero-order chi connectivity index (χ0) is 14.7. The summed E-state index contributed by atoms with van der Waals surface area (Å²) in [6.07, 6.45) is 2.05. The van der Waals surface area contributed by atoms with Crippen molar-refractivity contribution in [2.75, 3.05) is 0 Å². The number of aliphatic carboxylic acids is 1. The van der Waals surface area contributed by atoms with Crippen LogP contribution in [0.4, 0.5) is 4.39 Å². The monoisotopic (exact) mass is 310 g/mol. The van der Waals surface area contributed by atoms with E-state index in [4.69, 9.17) is 28.3 Å². The molecule has 2 nitrogen and oxygen atoms in total. The molecule has 0 amide bonds. The summed E-state index contributed by atoms with van der Waals surface area (Å²) in [7, 11) is 0. The molecule has 0 saturated heterocycles. The van der Waals surface area contributed by atoms with E-state index in [1.54, 1.807) is 24.3 Å². The molecule has 0 aliphatic carbocycles. The van der Waals surface area contributed by atoms with Crippen LogP contribution in [0.3, 0.4) is 0 Å². The van der Waals surface area contributed by atoms with Crippen LogP contribution in [-0.4, -0.2) is 11.1 Å². The summed E-state index contributed by atoms with van der Waals surface area (Å²) in [5.74, 6) is -1.71. The Kier molecular flexibility index (Phi) is 4.42. The first-order chi connectivity index (χ1) is 9.50. The molecule has 0 aliphatic rings. The highest BCUT2D eigenvalue weighted by Gasteiger charge is 2.14. The molecule has 0 heterocycles. The zero-order valence-electron chi connectivity index (χ0n) is 10.1. The van der Waals surface area contributed by atoms with Gasteiger partial charge in [-0.1, -0.05) is 41.4 Å². The molecule has 0 saturated carbocycles.